The van der Waals surface area contributed by atoms with Gasteiger partial charge in [0.15, 0.2) is 0 Å². The molecule has 1 aliphatic rings. The van der Waals surface area contributed by atoms with Crippen LogP contribution in [0.4, 0.5) is 0 Å². The molecule has 0 bridgehead atoms. The monoisotopic (exact) mass is 213 g/mol. The molecule has 1 N–H and O–H groups in total. The molecule has 2 heteroatoms. The quantitative estimate of drug-likeness (QED) is 0.832. The third-order valence-corrected chi connectivity index (χ3v) is 3.48. The Bertz CT molecular complexity index is 543. The maximum atomic E-state index is 10.1. The van der Waals surface area contributed by atoms with E-state index in [1.807, 2.05) is 12.4 Å². The fraction of sp³-hybridized carbons (Fsp3) is 0.357. The Kier molecular flexibility index (Phi) is 2.01. The van der Waals surface area contributed by atoms with Crippen LogP contribution in [0.1, 0.15) is 30.9 Å². The summed E-state index contributed by atoms with van der Waals surface area (Å²) < 4.78 is 0. The van der Waals surface area contributed by atoms with Gasteiger partial charge in [-0.25, -0.2) is 0 Å². The Morgan fingerprint density at radius 1 is 1.31 bits per heavy atom. The molecular weight excluding hydrogens is 198 g/mol. The van der Waals surface area contributed by atoms with Crippen molar-refractivity contribution in [3.05, 3.63) is 41.7 Å². The summed E-state index contributed by atoms with van der Waals surface area (Å²) >= 11 is 0. The Morgan fingerprint density at radius 2 is 2.12 bits per heavy atom. The van der Waals surface area contributed by atoms with Crippen molar-refractivity contribution in [1.82, 2.24) is 4.98 Å². The normalized spacial score (nSPS) is 17.6. The predicted octanol–water partition coefficient (Wildman–Crippen LogP) is 2.78. The minimum Gasteiger partial charge on any atom is -0.385 e. The first-order valence-corrected chi connectivity index (χ1v) is 5.82. The maximum Gasteiger partial charge on any atom is 0.0899 e. The number of pyridine rings is 1. The van der Waals surface area contributed by atoms with Crippen LogP contribution < -0.4 is 0 Å². The van der Waals surface area contributed by atoms with Gasteiger partial charge in [-0.2, -0.15) is 0 Å². The van der Waals surface area contributed by atoms with Gasteiger partial charge >= 0.3 is 0 Å². The smallest absolute Gasteiger partial charge is 0.0899 e. The summed E-state index contributed by atoms with van der Waals surface area (Å²) in [4.78, 5) is 4.25. The zero-order valence-corrected chi connectivity index (χ0v) is 9.40. The van der Waals surface area contributed by atoms with Gasteiger partial charge in [0.05, 0.1) is 5.60 Å². The summed E-state index contributed by atoms with van der Waals surface area (Å²) in [6, 6.07) is 6.24. The van der Waals surface area contributed by atoms with Gasteiger partial charge in [-0.15, -0.1) is 0 Å². The SMILES string of the molecule is CCc1cncc2cc(C3(O)CC3)ccc12. The molecule has 0 amide bonds. The number of nitrogens with zero attached hydrogens (tertiary/aromatic N) is 1. The van der Waals surface area contributed by atoms with Crippen molar-refractivity contribution in [2.24, 2.45) is 0 Å². The van der Waals surface area contributed by atoms with Gasteiger partial charge < -0.3 is 5.11 Å². The van der Waals surface area contributed by atoms with E-state index in [9.17, 15) is 5.11 Å². The maximum absolute atomic E-state index is 10.1. The molecule has 1 aromatic carbocycles. The summed E-state index contributed by atoms with van der Waals surface area (Å²) in [5.74, 6) is 0. The van der Waals surface area contributed by atoms with Crippen molar-refractivity contribution < 1.29 is 5.11 Å². The highest BCUT2D eigenvalue weighted by molar-refractivity contribution is 5.85. The van der Waals surface area contributed by atoms with E-state index in [2.05, 4.69) is 30.1 Å². The fourth-order valence-corrected chi connectivity index (χ4v) is 2.22. The van der Waals surface area contributed by atoms with Crippen molar-refractivity contribution in [2.45, 2.75) is 31.8 Å². The molecule has 0 unspecified atom stereocenters. The summed E-state index contributed by atoms with van der Waals surface area (Å²) in [6.45, 7) is 2.14. The lowest BCUT2D eigenvalue weighted by molar-refractivity contribution is 0.151. The van der Waals surface area contributed by atoms with Gasteiger partial charge in [0.25, 0.3) is 0 Å². The topological polar surface area (TPSA) is 33.1 Å². The zero-order valence-electron chi connectivity index (χ0n) is 9.40. The molecule has 1 heterocycles. The lowest BCUT2D eigenvalue weighted by Gasteiger charge is -2.10. The van der Waals surface area contributed by atoms with Crippen molar-refractivity contribution in [3.8, 4) is 0 Å². The summed E-state index contributed by atoms with van der Waals surface area (Å²) in [6.07, 6.45) is 6.57. The number of hydrogen-bond acceptors (Lipinski definition) is 2. The van der Waals surface area contributed by atoms with Crippen molar-refractivity contribution in [3.63, 3.8) is 0 Å². The highest BCUT2D eigenvalue weighted by Crippen LogP contribution is 2.45. The van der Waals surface area contributed by atoms with Crippen LogP contribution in [0.25, 0.3) is 10.8 Å². The second-order valence-electron chi connectivity index (χ2n) is 4.62. The zero-order chi connectivity index (χ0) is 11.2. The van der Waals surface area contributed by atoms with Gasteiger partial charge in [0.2, 0.25) is 0 Å². The molecule has 1 aromatic heterocycles. The molecule has 16 heavy (non-hydrogen) atoms. The fourth-order valence-electron chi connectivity index (χ4n) is 2.22. The van der Waals surface area contributed by atoms with Gasteiger partial charge in [0, 0.05) is 17.8 Å². The van der Waals surface area contributed by atoms with E-state index in [1.54, 1.807) is 0 Å². The second-order valence-corrected chi connectivity index (χ2v) is 4.62. The summed E-state index contributed by atoms with van der Waals surface area (Å²) in [5, 5.41) is 12.5. The van der Waals surface area contributed by atoms with Gasteiger partial charge in [-0.1, -0.05) is 19.1 Å². The molecule has 3 rings (SSSR count). The van der Waals surface area contributed by atoms with Gasteiger partial charge in [-0.05, 0) is 41.8 Å². The van der Waals surface area contributed by atoms with E-state index in [0.717, 1.165) is 30.2 Å². The number of rotatable bonds is 2. The minimum atomic E-state index is -0.545. The predicted molar refractivity (Wildman–Crippen MR) is 64.3 cm³/mol. The minimum absolute atomic E-state index is 0.545. The Morgan fingerprint density at radius 3 is 2.81 bits per heavy atom. The molecule has 82 valence electrons. The van der Waals surface area contributed by atoms with Crippen LogP contribution in [0.15, 0.2) is 30.6 Å². The van der Waals surface area contributed by atoms with E-state index in [1.165, 1.54) is 10.9 Å². The van der Waals surface area contributed by atoms with E-state index in [-0.39, 0.29) is 0 Å². The largest absolute Gasteiger partial charge is 0.385 e. The van der Waals surface area contributed by atoms with E-state index >= 15 is 0 Å². The molecule has 0 atom stereocenters. The average Bonchev–Trinajstić information content (AvgIpc) is 3.07. The molecular formula is C14H15NO. The summed E-state index contributed by atoms with van der Waals surface area (Å²) in [5.41, 5.74) is 1.76. The Hall–Kier alpha value is -1.41. The molecule has 1 saturated carbocycles. The van der Waals surface area contributed by atoms with Crippen LogP contribution in [-0.4, -0.2) is 10.1 Å². The third kappa shape index (κ3) is 1.41. The van der Waals surface area contributed by atoms with E-state index in [0.29, 0.717) is 0 Å². The Labute approximate surface area is 94.9 Å². The first-order valence-electron chi connectivity index (χ1n) is 5.82. The van der Waals surface area contributed by atoms with Crippen LogP contribution in [0.5, 0.6) is 0 Å². The van der Waals surface area contributed by atoms with Crippen LogP contribution >= 0.6 is 0 Å². The van der Waals surface area contributed by atoms with Crippen LogP contribution in [0.2, 0.25) is 0 Å². The number of aryl methyl sites for hydroxylation is 1. The Balaban J connectivity index is 2.19. The van der Waals surface area contributed by atoms with Crippen molar-refractivity contribution in [2.75, 3.05) is 0 Å². The molecule has 0 spiro atoms. The molecule has 1 fully saturated rings. The van der Waals surface area contributed by atoms with Gasteiger partial charge in [-0.3, -0.25) is 4.98 Å². The van der Waals surface area contributed by atoms with Gasteiger partial charge in [0.1, 0.15) is 0 Å². The highest BCUT2D eigenvalue weighted by atomic mass is 16.3. The van der Waals surface area contributed by atoms with Crippen LogP contribution in [0.3, 0.4) is 0 Å². The lowest BCUT2D eigenvalue weighted by Crippen LogP contribution is -2.03. The molecule has 0 saturated heterocycles. The number of hydrogen-bond donors (Lipinski definition) is 1. The summed E-state index contributed by atoms with van der Waals surface area (Å²) in [7, 11) is 0. The van der Waals surface area contributed by atoms with Crippen LogP contribution in [-0.2, 0) is 12.0 Å². The average molecular weight is 213 g/mol. The lowest BCUT2D eigenvalue weighted by atomic mass is 10.0. The van der Waals surface area contributed by atoms with Crippen LogP contribution in [0, 0.1) is 0 Å². The van der Waals surface area contributed by atoms with E-state index < -0.39 is 5.60 Å². The molecule has 2 nitrogen and oxygen atoms in total. The number of aliphatic hydroxyl groups is 1. The van der Waals surface area contributed by atoms with Crippen molar-refractivity contribution >= 4 is 10.8 Å². The second kappa shape index (κ2) is 3.29. The highest BCUT2D eigenvalue weighted by Gasteiger charge is 2.42. The molecule has 0 radical (unpaired) electrons. The molecule has 1 aliphatic carbocycles. The number of fused-ring (bicyclic) bond motifs is 1. The van der Waals surface area contributed by atoms with Crippen molar-refractivity contribution in [1.29, 1.82) is 0 Å². The number of aromatic nitrogens is 1. The standard InChI is InChI=1S/C14H15NO/c1-2-10-8-15-9-11-7-12(3-4-13(10)11)14(16)5-6-14/h3-4,7-9,16H,2,5-6H2,1H3. The van der Waals surface area contributed by atoms with E-state index in [4.69, 9.17) is 0 Å². The molecule has 0 aliphatic heterocycles. The molecule has 2 aromatic rings. The first kappa shape index (κ1) is 9.79. The number of benzene rings is 1. The first-order chi connectivity index (χ1) is 7.73. The third-order valence-electron chi connectivity index (χ3n) is 3.48.